The minimum Gasteiger partial charge on any atom is -0.351 e. The van der Waals surface area contributed by atoms with Gasteiger partial charge in [0.2, 0.25) is 5.91 Å². The Morgan fingerprint density at radius 2 is 2.16 bits per heavy atom. The molecule has 1 unspecified atom stereocenters. The van der Waals surface area contributed by atoms with E-state index in [1.165, 1.54) is 0 Å². The van der Waals surface area contributed by atoms with Crippen molar-refractivity contribution in [2.24, 2.45) is 0 Å². The Hall–Kier alpha value is -1.10. The molecular formula is C14H20ClN3O. The van der Waals surface area contributed by atoms with E-state index >= 15 is 0 Å². The van der Waals surface area contributed by atoms with Crippen LogP contribution in [0.4, 0.5) is 0 Å². The second-order valence-electron chi connectivity index (χ2n) is 5.24. The first kappa shape index (κ1) is 14.3. The lowest BCUT2D eigenvalue weighted by Crippen LogP contribution is -2.48. The summed E-state index contributed by atoms with van der Waals surface area (Å²) in [7, 11) is 0. The van der Waals surface area contributed by atoms with Gasteiger partial charge in [0.05, 0.1) is 6.54 Å². The zero-order valence-corrected chi connectivity index (χ0v) is 11.9. The Labute approximate surface area is 118 Å². The number of carbonyl (C=O) groups excluding carboxylic acids is 1. The molecule has 0 saturated carbocycles. The minimum absolute atomic E-state index is 0.0167. The van der Waals surface area contributed by atoms with Crippen LogP contribution in [0.25, 0.3) is 0 Å². The SMILES string of the molecule is CC1(NCC(=O)NCc2ccc(Cl)cc2)CCNC1. The van der Waals surface area contributed by atoms with Gasteiger partial charge in [-0.15, -0.1) is 0 Å². The smallest absolute Gasteiger partial charge is 0.234 e. The molecular weight excluding hydrogens is 262 g/mol. The summed E-state index contributed by atoms with van der Waals surface area (Å²) in [4.78, 5) is 11.8. The lowest BCUT2D eigenvalue weighted by atomic mass is 10.0. The number of amides is 1. The summed E-state index contributed by atoms with van der Waals surface area (Å²) in [5.41, 5.74) is 1.09. The number of nitrogens with one attached hydrogen (secondary N) is 3. The molecule has 19 heavy (non-hydrogen) atoms. The van der Waals surface area contributed by atoms with Crippen molar-refractivity contribution in [3.05, 3.63) is 34.9 Å². The van der Waals surface area contributed by atoms with Crippen LogP contribution in [-0.4, -0.2) is 31.1 Å². The van der Waals surface area contributed by atoms with Crippen molar-refractivity contribution in [2.75, 3.05) is 19.6 Å². The summed E-state index contributed by atoms with van der Waals surface area (Å²) in [5.74, 6) is 0.0167. The average Bonchev–Trinajstić information content (AvgIpc) is 2.83. The molecule has 5 heteroatoms. The van der Waals surface area contributed by atoms with Crippen molar-refractivity contribution in [2.45, 2.75) is 25.4 Å². The van der Waals surface area contributed by atoms with Crippen LogP contribution >= 0.6 is 11.6 Å². The largest absolute Gasteiger partial charge is 0.351 e. The lowest BCUT2D eigenvalue weighted by Gasteiger charge is -2.24. The summed E-state index contributed by atoms with van der Waals surface area (Å²) >= 11 is 5.81. The average molecular weight is 282 g/mol. The van der Waals surface area contributed by atoms with Gasteiger partial charge in [-0.25, -0.2) is 0 Å². The van der Waals surface area contributed by atoms with Crippen LogP contribution < -0.4 is 16.0 Å². The zero-order chi connectivity index (χ0) is 13.7. The molecule has 2 rings (SSSR count). The molecule has 1 amide bonds. The van der Waals surface area contributed by atoms with E-state index in [-0.39, 0.29) is 11.4 Å². The molecule has 1 aromatic rings. The Balaban J connectivity index is 1.71. The second-order valence-corrected chi connectivity index (χ2v) is 5.68. The van der Waals surface area contributed by atoms with E-state index in [4.69, 9.17) is 11.6 Å². The number of carbonyl (C=O) groups is 1. The standard InChI is InChI=1S/C14H20ClN3O/c1-14(6-7-16-10-14)18-9-13(19)17-8-11-2-4-12(15)5-3-11/h2-5,16,18H,6-10H2,1H3,(H,17,19). The Morgan fingerprint density at radius 3 is 2.79 bits per heavy atom. The molecule has 1 heterocycles. The predicted molar refractivity (Wildman–Crippen MR) is 77.2 cm³/mol. The third kappa shape index (κ3) is 4.49. The third-order valence-corrected chi connectivity index (χ3v) is 3.70. The van der Waals surface area contributed by atoms with Gasteiger partial charge in [0, 0.05) is 23.7 Å². The summed E-state index contributed by atoms with van der Waals surface area (Å²) < 4.78 is 0. The zero-order valence-electron chi connectivity index (χ0n) is 11.1. The number of hydrogen-bond acceptors (Lipinski definition) is 3. The van der Waals surface area contributed by atoms with Gasteiger partial charge < -0.3 is 16.0 Å². The Morgan fingerprint density at radius 1 is 1.42 bits per heavy atom. The van der Waals surface area contributed by atoms with E-state index in [1.807, 2.05) is 24.3 Å². The monoisotopic (exact) mass is 281 g/mol. The van der Waals surface area contributed by atoms with Crippen molar-refractivity contribution in [3.63, 3.8) is 0 Å². The fourth-order valence-electron chi connectivity index (χ4n) is 2.13. The van der Waals surface area contributed by atoms with Gasteiger partial charge in [0.25, 0.3) is 0 Å². The maximum atomic E-state index is 11.8. The molecule has 3 N–H and O–H groups in total. The van der Waals surface area contributed by atoms with Crippen LogP contribution in [0.15, 0.2) is 24.3 Å². The van der Waals surface area contributed by atoms with Crippen LogP contribution in [0.3, 0.4) is 0 Å². The highest BCUT2D eigenvalue weighted by Crippen LogP contribution is 2.12. The first-order valence-electron chi connectivity index (χ1n) is 6.54. The quantitative estimate of drug-likeness (QED) is 0.763. The molecule has 1 aliphatic heterocycles. The molecule has 0 bridgehead atoms. The van der Waals surface area contributed by atoms with Gasteiger partial charge in [-0.2, -0.15) is 0 Å². The van der Waals surface area contributed by atoms with E-state index in [9.17, 15) is 4.79 Å². The van der Waals surface area contributed by atoms with E-state index in [1.54, 1.807) is 0 Å². The summed E-state index contributed by atoms with van der Waals surface area (Å²) in [6.07, 6.45) is 1.05. The summed E-state index contributed by atoms with van der Waals surface area (Å²) in [6.45, 7) is 4.95. The first-order chi connectivity index (χ1) is 9.07. The van der Waals surface area contributed by atoms with Gasteiger partial charge in [-0.3, -0.25) is 4.79 Å². The summed E-state index contributed by atoms with van der Waals surface area (Å²) in [6, 6.07) is 7.48. The topological polar surface area (TPSA) is 53.2 Å². The molecule has 1 saturated heterocycles. The van der Waals surface area contributed by atoms with Gasteiger partial charge in [0.1, 0.15) is 0 Å². The second kappa shape index (κ2) is 6.37. The molecule has 1 aromatic carbocycles. The van der Waals surface area contributed by atoms with Crippen LogP contribution in [0.1, 0.15) is 18.9 Å². The molecule has 104 valence electrons. The van der Waals surface area contributed by atoms with Crippen molar-refractivity contribution in [1.29, 1.82) is 0 Å². The van der Waals surface area contributed by atoms with Crippen molar-refractivity contribution < 1.29 is 4.79 Å². The molecule has 4 nitrogen and oxygen atoms in total. The number of rotatable bonds is 5. The maximum Gasteiger partial charge on any atom is 0.234 e. The van der Waals surface area contributed by atoms with Crippen LogP contribution in [0.5, 0.6) is 0 Å². The van der Waals surface area contributed by atoms with Gasteiger partial charge in [-0.05, 0) is 37.6 Å². The maximum absolute atomic E-state index is 11.8. The van der Waals surface area contributed by atoms with Crippen molar-refractivity contribution in [3.8, 4) is 0 Å². The van der Waals surface area contributed by atoms with Crippen molar-refractivity contribution in [1.82, 2.24) is 16.0 Å². The van der Waals surface area contributed by atoms with Gasteiger partial charge in [0.15, 0.2) is 0 Å². The highest BCUT2D eigenvalue weighted by Gasteiger charge is 2.27. The number of halogens is 1. The first-order valence-corrected chi connectivity index (χ1v) is 6.92. The molecule has 1 aliphatic rings. The molecule has 0 spiro atoms. The van der Waals surface area contributed by atoms with E-state index in [0.717, 1.165) is 25.1 Å². The molecule has 1 atom stereocenters. The predicted octanol–water partition coefficient (Wildman–Crippen LogP) is 1.30. The number of hydrogen-bond donors (Lipinski definition) is 3. The fourth-order valence-corrected chi connectivity index (χ4v) is 2.25. The Bertz CT molecular complexity index is 427. The van der Waals surface area contributed by atoms with Crippen molar-refractivity contribution >= 4 is 17.5 Å². The van der Waals surface area contributed by atoms with E-state index in [2.05, 4.69) is 22.9 Å². The molecule has 1 fully saturated rings. The van der Waals surface area contributed by atoms with Crippen LogP contribution in [0, 0.1) is 0 Å². The van der Waals surface area contributed by atoms with E-state index < -0.39 is 0 Å². The lowest BCUT2D eigenvalue weighted by molar-refractivity contribution is -0.120. The molecule has 0 aliphatic carbocycles. The fraction of sp³-hybridized carbons (Fsp3) is 0.500. The third-order valence-electron chi connectivity index (χ3n) is 3.45. The van der Waals surface area contributed by atoms with Crippen LogP contribution in [0.2, 0.25) is 5.02 Å². The molecule has 0 radical (unpaired) electrons. The normalized spacial score (nSPS) is 22.4. The molecule has 0 aromatic heterocycles. The minimum atomic E-state index is 0.0167. The van der Waals surface area contributed by atoms with E-state index in [0.29, 0.717) is 18.1 Å². The Kier molecular flexibility index (Phi) is 4.80. The van der Waals surface area contributed by atoms with Crippen LogP contribution in [-0.2, 0) is 11.3 Å². The number of benzene rings is 1. The van der Waals surface area contributed by atoms with Gasteiger partial charge >= 0.3 is 0 Å². The van der Waals surface area contributed by atoms with Gasteiger partial charge in [-0.1, -0.05) is 23.7 Å². The highest BCUT2D eigenvalue weighted by molar-refractivity contribution is 6.30. The summed E-state index contributed by atoms with van der Waals surface area (Å²) in [5, 5.41) is 10.2. The highest BCUT2D eigenvalue weighted by atomic mass is 35.5.